The molecule has 0 saturated carbocycles. The van der Waals surface area contributed by atoms with Crippen molar-refractivity contribution >= 4 is 5.91 Å². The first-order valence-electron chi connectivity index (χ1n) is 5.19. The van der Waals surface area contributed by atoms with E-state index in [2.05, 4.69) is 5.32 Å². The molecular weight excluding hydrogens is 206 g/mol. The van der Waals surface area contributed by atoms with Crippen LogP contribution in [0.2, 0.25) is 0 Å². The van der Waals surface area contributed by atoms with Crippen molar-refractivity contribution in [2.24, 2.45) is 0 Å². The Hall–Kier alpha value is -1.39. The van der Waals surface area contributed by atoms with E-state index >= 15 is 0 Å². The summed E-state index contributed by atoms with van der Waals surface area (Å²) in [4.78, 5) is 11.9. The van der Waals surface area contributed by atoms with E-state index in [1.54, 1.807) is 0 Å². The molecule has 0 aromatic heterocycles. The van der Waals surface area contributed by atoms with E-state index in [1.807, 2.05) is 32.0 Å². The number of carbonyl (C=O) groups excluding carboxylic acids is 1. The highest BCUT2D eigenvalue weighted by Gasteiger charge is 2.15. The molecule has 0 aliphatic heterocycles. The van der Waals surface area contributed by atoms with Gasteiger partial charge in [-0.05, 0) is 25.0 Å². The second-order valence-electron chi connectivity index (χ2n) is 3.80. The molecule has 88 valence electrons. The van der Waals surface area contributed by atoms with Crippen LogP contribution in [-0.4, -0.2) is 35.4 Å². The van der Waals surface area contributed by atoms with Gasteiger partial charge in [-0.3, -0.25) is 4.79 Å². The number of amides is 1. The largest absolute Gasteiger partial charge is 0.394 e. The lowest BCUT2D eigenvalue weighted by Gasteiger charge is -2.15. The number of aliphatic hydroxyl groups excluding tert-OH is 2. The molecule has 1 aromatic rings. The van der Waals surface area contributed by atoms with Gasteiger partial charge in [0.15, 0.2) is 0 Å². The minimum Gasteiger partial charge on any atom is -0.394 e. The fraction of sp³-hybridized carbons (Fsp3) is 0.417. The Balaban J connectivity index is 2.88. The summed E-state index contributed by atoms with van der Waals surface area (Å²) in [5.41, 5.74) is 2.37. The van der Waals surface area contributed by atoms with E-state index in [1.165, 1.54) is 0 Å². The minimum atomic E-state index is -0.605. The SMILES string of the molecule is Cc1cccc(C)c1C(=O)NC(CO)CO. The van der Waals surface area contributed by atoms with Crippen molar-refractivity contribution in [3.05, 3.63) is 34.9 Å². The molecular formula is C12H17NO3. The zero-order chi connectivity index (χ0) is 12.1. The van der Waals surface area contributed by atoms with Crippen LogP contribution < -0.4 is 5.32 Å². The first-order valence-corrected chi connectivity index (χ1v) is 5.19. The number of carbonyl (C=O) groups is 1. The molecule has 0 fully saturated rings. The van der Waals surface area contributed by atoms with Crippen molar-refractivity contribution in [1.82, 2.24) is 5.32 Å². The average molecular weight is 223 g/mol. The Morgan fingerprint density at radius 2 is 1.75 bits per heavy atom. The van der Waals surface area contributed by atoms with Gasteiger partial charge in [0.25, 0.3) is 5.91 Å². The molecule has 0 aliphatic carbocycles. The van der Waals surface area contributed by atoms with Crippen LogP contribution in [0, 0.1) is 13.8 Å². The van der Waals surface area contributed by atoms with Crippen LogP contribution >= 0.6 is 0 Å². The normalized spacial score (nSPS) is 10.6. The van der Waals surface area contributed by atoms with Gasteiger partial charge >= 0.3 is 0 Å². The quantitative estimate of drug-likeness (QED) is 0.691. The zero-order valence-electron chi connectivity index (χ0n) is 9.53. The Bertz CT molecular complexity index is 352. The number of hydrogen-bond donors (Lipinski definition) is 3. The summed E-state index contributed by atoms with van der Waals surface area (Å²) in [7, 11) is 0. The highest BCUT2D eigenvalue weighted by molar-refractivity contribution is 5.97. The van der Waals surface area contributed by atoms with Crippen LogP contribution in [0.3, 0.4) is 0 Å². The van der Waals surface area contributed by atoms with Crippen LogP contribution in [-0.2, 0) is 0 Å². The van der Waals surface area contributed by atoms with Gasteiger partial charge in [0.2, 0.25) is 0 Å². The summed E-state index contributed by atoms with van der Waals surface area (Å²) in [5.74, 6) is -0.260. The molecule has 1 amide bonds. The number of nitrogens with one attached hydrogen (secondary N) is 1. The van der Waals surface area contributed by atoms with E-state index in [4.69, 9.17) is 10.2 Å². The van der Waals surface area contributed by atoms with Crippen LogP contribution in [0.5, 0.6) is 0 Å². The number of benzene rings is 1. The van der Waals surface area contributed by atoms with Crippen LogP contribution in [0.1, 0.15) is 21.5 Å². The van der Waals surface area contributed by atoms with Gasteiger partial charge in [0.1, 0.15) is 0 Å². The minimum absolute atomic E-state index is 0.260. The average Bonchev–Trinajstić information content (AvgIpc) is 2.25. The third-order valence-electron chi connectivity index (χ3n) is 2.48. The standard InChI is InChI=1S/C12H17NO3/c1-8-4-3-5-9(2)11(8)12(16)13-10(6-14)7-15/h3-5,10,14-15H,6-7H2,1-2H3,(H,13,16). The monoisotopic (exact) mass is 223 g/mol. The molecule has 0 bridgehead atoms. The van der Waals surface area contributed by atoms with Crippen LogP contribution in [0.15, 0.2) is 18.2 Å². The maximum absolute atomic E-state index is 11.9. The molecule has 0 atom stereocenters. The lowest BCUT2D eigenvalue weighted by atomic mass is 10.0. The van der Waals surface area contributed by atoms with E-state index in [0.29, 0.717) is 5.56 Å². The summed E-state index contributed by atoms with van der Waals surface area (Å²) >= 11 is 0. The molecule has 1 aromatic carbocycles. The zero-order valence-corrected chi connectivity index (χ0v) is 9.53. The first-order chi connectivity index (χ1) is 7.60. The van der Waals surface area contributed by atoms with Gasteiger partial charge < -0.3 is 15.5 Å². The Morgan fingerprint density at radius 1 is 1.25 bits per heavy atom. The van der Waals surface area contributed by atoms with Crippen molar-refractivity contribution in [3.63, 3.8) is 0 Å². The lowest BCUT2D eigenvalue weighted by Crippen LogP contribution is -2.40. The van der Waals surface area contributed by atoms with E-state index in [9.17, 15) is 4.79 Å². The van der Waals surface area contributed by atoms with Gasteiger partial charge in [-0.2, -0.15) is 0 Å². The van der Waals surface area contributed by atoms with Gasteiger partial charge in [-0.1, -0.05) is 18.2 Å². The number of aliphatic hydroxyl groups is 2. The van der Waals surface area contributed by atoms with Gasteiger partial charge in [-0.15, -0.1) is 0 Å². The highest BCUT2D eigenvalue weighted by atomic mass is 16.3. The summed E-state index contributed by atoms with van der Waals surface area (Å²) in [5, 5.41) is 20.3. The molecule has 0 aliphatic rings. The molecule has 0 radical (unpaired) electrons. The molecule has 3 N–H and O–H groups in total. The summed E-state index contributed by atoms with van der Waals surface area (Å²) in [6.45, 7) is 3.17. The predicted molar refractivity (Wildman–Crippen MR) is 61.3 cm³/mol. The molecule has 4 heteroatoms. The lowest BCUT2D eigenvalue weighted by molar-refractivity contribution is 0.0878. The van der Waals surface area contributed by atoms with Crippen molar-refractivity contribution in [3.8, 4) is 0 Å². The fourth-order valence-electron chi connectivity index (χ4n) is 1.58. The van der Waals surface area contributed by atoms with Crippen LogP contribution in [0.4, 0.5) is 0 Å². The van der Waals surface area contributed by atoms with Crippen molar-refractivity contribution in [2.45, 2.75) is 19.9 Å². The maximum Gasteiger partial charge on any atom is 0.252 e. The smallest absolute Gasteiger partial charge is 0.252 e. The Labute approximate surface area is 94.9 Å². The maximum atomic E-state index is 11.9. The van der Waals surface area contributed by atoms with Crippen molar-refractivity contribution < 1.29 is 15.0 Å². The molecule has 0 spiro atoms. The number of hydrogen-bond acceptors (Lipinski definition) is 3. The number of rotatable bonds is 4. The second kappa shape index (κ2) is 5.63. The first kappa shape index (κ1) is 12.7. The number of aryl methyl sites for hydroxylation is 2. The predicted octanol–water partition coefficient (Wildman–Crippen LogP) is 0.386. The van der Waals surface area contributed by atoms with E-state index < -0.39 is 6.04 Å². The fourth-order valence-corrected chi connectivity index (χ4v) is 1.58. The van der Waals surface area contributed by atoms with E-state index in [-0.39, 0.29) is 19.1 Å². The van der Waals surface area contributed by atoms with Crippen molar-refractivity contribution in [1.29, 1.82) is 0 Å². The third-order valence-corrected chi connectivity index (χ3v) is 2.48. The topological polar surface area (TPSA) is 69.6 Å². The highest BCUT2D eigenvalue weighted by Crippen LogP contribution is 2.12. The molecule has 0 heterocycles. The molecule has 0 unspecified atom stereocenters. The molecule has 0 saturated heterocycles. The van der Waals surface area contributed by atoms with Gasteiger partial charge in [0, 0.05) is 5.56 Å². The van der Waals surface area contributed by atoms with Crippen LogP contribution in [0.25, 0.3) is 0 Å². The van der Waals surface area contributed by atoms with Gasteiger partial charge in [0.05, 0.1) is 19.3 Å². The summed E-state index contributed by atoms with van der Waals surface area (Å²) in [6.07, 6.45) is 0. The van der Waals surface area contributed by atoms with E-state index in [0.717, 1.165) is 11.1 Å². The summed E-state index contributed by atoms with van der Waals surface area (Å²) in [6, 6.07) is 4.99. The third kappa shape index (κ3) is 2.81. The van der Waals surface area contributed by atoms with Gasteiger partial charge in [-0.25, -0.2) is 0 Å². The Kier molecular flexibility index (Phi) is 4.46. The summed E-state index contributed by atoms with van der Waals surface area (Å²) < 4.78 is 0. The second-order valence-corrected chi connectivity index (χ2v) is 3.80. The molecule has 16 heavy (non-hydrogen) atoms. The molecule has 4 nitrogen and oxygen atoms in total. The Morgan fingerprint density at radius 3 is 2.19 bits per heavy atom. The van der Waals surface area contributed by atoms with Crippen molar-refractivity contribution in [2.75, 3.05) is 13.2 Å². The molecule has 1 rings (SSSR count).